The summed E-state index contributed by atoms with van der Waals surface area (Å²) in [5.41, 5.74) is 0.628. The van der Waals surface area contributed by atoms with E-state index in [1.165, 1.54) is 25.3 Å². The quantitative estimate of drug-likeness (QED) is 0.505. The molecule has 1 heterocycles. The van der Waals surface area contributed by atoms with Gasteiger partial charge in [0.05, 0.1) is 7.11 Å². The zero-order valence-corrected chi connectivity index (χ0v) is 15.6. The van der Waals surface area contributed by atoms with Crippen molar-refractivity contribution in [1.29, 1.82) is 0 Å². The highest BCUT2D eigenvalue weighted by Gasteiger charge is 2.22. The van der Waals surface area contributed by atoms with Crippen molar-refractivity contribution in [3.63, 3.8) is 0 Å². The van der Waals surface area contributed by atoms with E-state index in [1.54, 1.807) is 0 Å². The molecule has 0 saturated heterocycles. The summed E-state index contributed by atoms with van der Waals surface area (Å²) in [5, 5.41) is 40.5. The molecule has 3 rings (SSSR count). The van der Waals surface area contributed by atoms with E-state index >= 15 is 0 Å². The predicted molar refractivity (Wildman–Crippen MR) is 104 cm³/mol. The van der Waals surface area contributed by atoms with Crippen molar-refractivity contribution in [2.75, 3.05) is 7.11 Å². The first-order valence-electron chi connectivity index (χ1n) is 8.49. The third-order valence-electron chi connectivity index (χ3n) is 4.36. The van der Waals surface area contributed by atoms with Crippen LogP contribution in [0.4, 0.5) is 0 Å². The fraction of sp³-hybridized carbons (Fsp3) is 0.190. The molecule has 146 valence electrons. The molecule has 0 saturated carbocycles. The van der Waals surface area contributed by atoms with E-state index < -0.39 is 16.9 Å². The van der Waals surface area contributed by atoms with E-state index in [1.807, 2.05) is 19.9 Å². The number of hydrogen-bond acceptors (Lipinski definition) is 7. The molecule has 0 bridgehead atoms. The second kappa shape index (κ2) is 7.19. The van der Waals surface area contributed by atoms with Crippen LogP contribution in [0.5, 0.6) is 28.7 Å². The molecule has 0 atom stereocenters. The van der Waals surface area contributed by atoms with Crippen molar-refractivity contribution in [3.05, 3.63) is 51.7 Å². The van der Waals surface area contributed by atoms with Gasteiger partial charge in [-0.05, 0) is 38.5 Å². The second-order valence-corrected chi connectivity index (χ2v) is 6.58. The number of rotatable bonds is 4. The van der Waals surface area contributed by atoms with Crippen LogP contribution >= 0.6 is 0 Å². The van der Waals surface area contributed by atoms with Crippen LogP contribution in [-0.4, -0.2) is 27.5 Å². The van der Waals surface area contributed by atoms with Crippen LogP contribution in [0.2, 0.25) is 0 Å². The summed E-state index contributed by atoms with van der Waals surface area (Å²) in [6.45, 7) is 3.76. The van der Waals surface area contributed by atoms with Crippen molar-refractivity contribution >= 4 is 11.0 Å². The Labute approximate surface area is 160 Å². The molecule has 1 aromatic heterocycles. The highest BCUT2D eigenvalue weighted by Crippen LogP contribution is 2.40. The first-order chi connectivity index (χ1) is 13.2. The molecule has 3 aromatic rings. The van der Waals surface area contributed by atoms with Crippen LogP contribution < -0.4 is 10.2 Å². The van der Waals surface area contributed by atoms with Gasteiger partial charge in [-0.25, -0.2) is 0 Å². The number of ether oxygens (including phenoxy) is 1. The molecule has 0 unspecified atom stereocenters. The number of allylic oxidation sites excluding steroid dienone is 2. The highest BCUT2D eigenvalue weighted by molar-refractivity contribution is 5.91. The van der Waals surface area contributed by atoms with Crippen molar-refractivity contribution in [3.8, 4) is 40.1 Å². The first kappa shape index (κ1) is 19.2. The Hall–Kier alpha value is -3.61. The van der Waals surface area contributed by atoms with Crippen molar-refractivity contribution in [2.45, 2.75) is 20.3 Å². The maximum Gasteiger partial charge on any atom is 0.238 e. The Morgan fingerprint density at radius 2 is 1.79 bits per heavy atom. The Kier molecular flexibility index (Phi) is 4.92. The van der Waals surface area contributed by atoms with E-state index in [0.29, 0.717) is 5.56 Å². The highest BCUT2D eigenvalue weighted by atomic mass is 16.5. The summed E-state index contributed by atoms with van der Waals surface area (Å²) in [6, 6.07) is 5.28. The van der Waals surface area contributed by atoms with Crippen LogP contribution in [-0.2, 0) is 6.42 Å². The van der Waals surface area contributed by atoms with Gasteiger partial charge in [0, 0.05) is 17.2 Å². The summed E-state index contributed by atoms with van der Waals surface area (Å²) in [4.78, 5) is 12.7. The number of fused-ring (bicyclic) bond motifs is 1. The van der Waals surface area contributed by atoms with Crippen LogP contribution in [0.3, 0.4) is 0 Å². The fourth-order valence-electron chi connectivity index (χ4n) is 2.91. The van der Waals surface area contributed by atoms with Gasteiger partial charge in [-0.15, -0.1) is 0 Å². The number of hydrogen-bond donors (Lipinski definition) is 4. The Balaban J connectivity index is 2.36. The molecule has 0 aliphatic heterocycles. The summed E-state index contributed by atoms with van der Waals surface area (Å²) in [7, 11) is 1.39. The van der Waals surface area contributed by atoms with E-state index in [-0.39, 0.29) is 46.0 Å². The molecule has 0 amide bonds. The number of methoxy groups -OCH3 is 1. The lowest BCUT2D eigenvalue weighted by Crippen LogP contribution is -2.05. The number of phenols is 3. The van der Waals surface area contributed by atoms with Crippen LogP contribution in [0.1, 0.15) is 19.4 Å². The summed E-state index contributed by atoms with van der Waals surface area (Å²) >= 11 is 0. The number of phenolic OH excluding ortho intramolecular Hbond substituents is 3. The van der Waals surface area contributed by atoms with Gasteiger partial charge in [0.1, 0.15) is 22.5 Å². The van der Waals surface area contributed by atoms with Gasteiger partial charge in [-0.2, -0.15) is 0 Å². The van der Waals surface area contributed by atoms with Crippen molar-refractivity contribution in [2.24, 2.45) is 0 Å². The Morgan fingerprint density at radius 3 is 2.39 bits per heavy atom. The standard InChI is InChI=1S/C21H20O7/c1-10(2)4-6-12-13(22)9-15(24)17-18(25)19(26)20(28-21(12)17)11-5-7-16(27-3)14(23)8-11/h4-5,7-9,22-24,26H,6H2,1-3H3. The van der Waals surface area contributed by atoms with Gasteiger partial charge in [-0.3, -0.25) is 4.79 Å². The Morgan fingerprint density at radius 1 is 1.07 bits per heavy atom. The minimum atomic E-state index is -0.845. The van der Waals surface area contributed by atoms with Crippen LogP contribution in [0.15, 0.2) is 45.1 Å². The van der Waals surface area contributed by atoms with Gasteiger partial charge in [-0.1, -0.05) is 11.6 Å². The molecule has 0 aliphatic rings. The number of aromatic hydroxyl groups is 4. The van der Waals surface area contributed by atoms with Crippen LogP contribution in [0, 0.1) is 0 Å². The molecule has 0 fully saturated rings. The zero-order chi connectivity index (χ0) is 20.6. The molecular formula is C21H20O7. The van der Waals surface area contributed by atoms with Gasteiger partial charge in [0.15, 0.2) is 17.3 Å². The largest absolute Gasteiger partial charge is 0.507 e. The lowest BCUT2D eigenvalue weighted by atomic mass is 10.0. The van der Waals surface area contributed by atoms with Gasteiger partial charge >= 0.3 is 0 Å². The van der Waals surface area contributed by atoms with Crippen molar-refractivity contribution in [1.82, 2.24) is 0 Å². The number of benzene rings is 2. The van der Waals surface area contributed by atoms with Gasteiger partial charge in [0.2, 0.25) is 11.2 Å². The maximum absolute atomic E-state index is 12.7. The molecule has 0 spiro atoms. The topological polar surface area (TPSA) is 120 Å². The maximum atomic E-state index is 12.7. The minimum absolute atomic E-state index is 0.0388. The summed E-state index contributed by atoms with van der Waals surface area (Å²) < 4.78 is 10.7. The summed E-state index contributed by atoms with van der Waals surface area (Å²) in [5.74, 6) is -1.64. The second-order valence-electron chi connectivity index (χ2n) is 6.58. The third-order valence-corrected chi connectivity index (χ3v) is 4.36. The summed E-state index contributed by atoms with van der Waals surface area (Å²) in [6.07, 6.45) is 2.09. The monoisotopic (exact) mass is 384 g/mol. The van der Waals surface area contributed by atoms with Gasteiger partial charge < -0.3 is 29.6 Å². The molecule has 7 heteroatoms. The molecule has 0 aliphatic carbocycles. The fourth-order valence-corrected chi connectivity index (χ4v) is 2.91. The molecular weight excluding hydrogens is 364 g/mol. The van der Waals surface area contributed by atoms with E-state index in [0.717, 1.165) is 11.6 Å². The van der Waals surface area contributed by atoms with Crippen molar-refractivity contribution < 1.29 is 29.6 Å². The normalized spacial score (nSPS) is 10.8. The predicted octanol–water partition coefficient (Wildman–Crippen LogP) is 3.80. The lowest BCUT2D eigenvalue weighted by molar-refractivity contribution is 0.373. The molecule has 4 N–H and O–H groups in total. The SMILES string of the molecule is COc1ccc(-c2oc3c(CC=C(C)C)c(O)cc(O)c3c(=O)c2O)cc1O. The third kappa shape index (κ3) is 3.22. The zero-order valence-electron chi connectivity index (χ0n) is 15.6. The van der Waals surface area contributed by atoms with E-state index in [2.05, 4.69) is 0 Å². The first-order valence-corrected chi connectivity index (χ1v) is 8.49. The molecule has 28 heavy (non-hydrogen) atoms. The Bertz CT molecular complexity index is 1150. The smallest absolute Gasteiger partial charge is 0.238 e. The molecule has 2 aromatic carbocycles. The van der Waals surface area contributed by atoms with Crippen LogP contribution in [0.25, 0.3) is 22.3 Å². The molecule has 7 nitrogen and oxygen atoms in total. The van der Waals surface area contributed by atoms with E-state index in [4.69, 9.17) is 9.15 Å². The van der Waals surface area contributed by atoms with E-state index in [9.17, 15) is 25.2 Å². The van der Waals surface area contributed by atoms with Gasteiger partial charge in [0.25, 0.3) is 0 Å². The minimum Gasteiger partial charge on any atom is -0.507 e. The lowest BCUT2D eigenvalue weighted by Gasteiger charge is -2.12. The molecule has 0 radical (unpaired) electrons. The average molecular weight is 384 g/mol. The average Bonchev–Trinajstić information content (AvgIpc) is 2.63.